The van der Waals surface area contributed by atoms with E-state index in [2.05, 4.69) is 26.7 Å². The number of nitrogens with zero attached hydrogens (tertiary/aromatic N) is 4. The number of benzene rings is 1. The van der Waals surface area contributed by atoms with Crippen molar-refractivity contribution in [3.05, 3.63) is 42.2 Å². The molecule has 0 aliphatic rings. The number of nitrogens with one attached hydrogen (secondary N) is 2. The lowest BCUT2D eigenvalue weighted by Gasteiger charge is -2.07. The highest BCUT2D eigenvalue weighted by Gasteiger charge is 2.00. The first-order chi connectivity index (χ1) is 9.31. The Hall–Kier alpha value is -3.12. The molecule has 0 unspecified atom stereocenters. The van der Waals surface area contributed by atoms with Crippen LogP contribution < -0.4 is 10.6 Å². The molecule has 2 N–H and O–H groups in total. The van der Waals surface area contributed by atoms with Gasteiger partial charge in [0.15, 0.2) is 0 Å². The summed E-state index contributed by atoms with van der Waals surface area (Å²) in [6.45, 7) is 0.181. The van der Waals surface area contributed by atoms with Gasteiger partial charge in [-0.1, -0.05) is 6.07 Å². The van der Waals surface area contributed by atoms with Crippen LogP contribution in [0.5, 0.6) is 0 Å². The Morgan fingerprint density at radius 3 is 2.74 bits per heavy atom. The zero-order chi connectivity index (χ0) is 13.5. The van der Waals surface area contributed by atoms with Crippen molar-refractivity contribution in [1.82, 2.24) is 9.97 Å². The van der Waals surface area contributed by atoms with Gasteiger partial charge in [-0.2, -0.15) is 10.5 Å². The summed E-state index contributed by atoms with van der Waals surface area (Å²) < 4.78 is 0. The van der Waals surface area contributed by atoms with E-state index in [1.54, 1.807) is 24.3 Å². The van der Waals surface area contributed by atoms with E-state index in [1.807, 2.05) is 12.1 Å². The highest BCUT2D eigenvalue weighted by molar-refractivity contribution is 5.60. The Morgan fingerprint density at radius 2 is 1.95 bits per heavy atom. The zero-order valence-corrected chi connectivity index (χ0v) is 9.96. The van der Waals surface area contributed by atoms with E-state index in [-0.39, 0.29) is 6.54 Å². The maximum atomic E-state index is 8.83. The largest absolute Gasteiger partial charge is 0.357 e. The van der Waals surface area contributed by atoms with E-state index in [4.69, 9.17) is 10.5 Å². The smallest absolute Gasteiger partial charge is 0.135 e. The van der Waals surface area contributed by atoms with Crippen molar-refractivity contribution in [3.63, 3.8) is 0 Å². The summed E-state index contributed by atoms with van der Waals surface area (Å²) >= 11 is 0. The summed E-state index contributed by atoms with van der Waals surface area (Å²) in [4.78, 5) is 8.06. The second-order valence-corrected chi connectivity index (χ2v) is 3.62. The number of hydrogen-bond donors (Lipinski definition) is 2. The number of anilines is 3. The van der Waals surface area contributed by atoms with Gasteiger partial charge in [0.1, 0.15) is 24.5 Å². The summed E-state index contributed by atoms with van der Waals surface area (Å²) in [5.74, 6) is 1.15. The first-order valence-electron chi connectivity index (χ1n) is 5.52. The van der Waals surface area contributed by atoms with Crippen molar-refractivity contribution < 1.29 is 0 Å². The first kappa shape index (κ1) is 12.3. The molecule has 0 amide bonds. The molecule has 0 saturated carbocycles. The van der Waals surface area contributed by atoms with Crippen molar-refractivity contribution in [2.45, 2.75) is 0 Å². The van der Waals surface area contributed by atoms with Crippen LogP contribution in [0.25, 0.3) is 0 Å². The Kier molecular flexibility index (Phi) is 3.89. The van der Waals surface area contributed by atoms with Gasteiger partial charge in [-0.25, -0.2) is 9.97 Å². The minimum absolute atomic E-state index is 0.181. The number of hydrogen-bond acceptors (Lipinski definition) is 6. The van der Waals surface area contributed by atoms with E-state index >= 15 is 0 Å². The van der Waals surface area contributed by atoms with Crippen molar-refractivity contribution in [1.29, 1.82) is 10.5 Å². The number of nitriles is 2. The van der Waals surface area contributed by atoms with E-state index in [1.165, 1.54) is 6.33 Å². The lowest BCUT2D eigenvalue weighted by atomic mass is 10.2. The number of rotatable bonds is 4. The maximum absolute atomic E-state index is 8.83. The number of aromatic nitrogens is 2. The Morgan fingerprint density at radius 1 is 1.11 bits per heavy atom. The summed E-state index contributed by atoms with van der Waals surface area (Å²) in [5.41, 5.74) is 1.34. The Labute approximate surface area is 110 Å². The van der Waals surface area contributed by atoms with Gasteiger partial charge in [0.2, 0.25) is 0 Å². The van der Waals surface area contributed by atoms with Crippen LogP contribution in [0.1, 0.15) is 5.56 Å². The normalized spacial score (nSPS) is 9.16. The van der Waals surface area contributed by atoms with E-state index in [9.17, 15) is 0 Å². The lowest BCUT2D eigenvalue weighted by Crippen LogP contribution is -2.02. The van der Waals surface area contributed by atoms with Gasteiger partial charge in [-0.05, 0) is 18.2 Å². The molecule has 1 aromatic heterocycles. The predicted octanol–water partition coefficient (Wildman–Crippen LogP) is 2.03. The second-order valence-electron chi connectivity index (χ2n) is 3.62. The van der Waals surface area contributed by atoms with E-state index in [0.29, 0.717) is 17.2 Å². The average Bonchev–Trinajstić information content (AvgIpc) is 2.46. The molecule has 0 spiro atoms. The van der Waals surface area contributed by atoms with Crippen LogP contribution >= 0.6 is 0 Å². The van der Waals surface area contributed by atoms with E-state index in [0.717, 1.165) is 5.69 Å². The molecule has 0 fully saturated rings. The summed E-state index contributed by atoms with van der Waals surface area (Å²) in [6.07, 6.45) is 1.40. The van der Waals surface area contributed by atoms with Crippen LogP contribution in [0.3, 0.4) is 0 Å². The molecule has 0 saturated heterocycles. The van der Waals surface area contributed by atoms with Crippen molar-refractivity contribution in [2.24, 2.45) is 0 Å². The average molecular weight is 250 g/mol. The quantitative estimate of drug-likeness (QED) is 0.806. The molecule has 1 heterocycles. The Bertz CT molecular complexity index is 653. The predicted molar refractivity (Wildman–Crippen MR) is 70.6 cm³/mol. The fourth-order valence-electron chi connectivity index (χ4n) is 1.47. The molecule has 0 bridgehead atoms. The zero-order valence-electron chi connectivity index (χ0n) is 9.96. The fourth-order valence-corrected chi connectivity index (χ4v) is 1.47. The van der Waals surface area contributed by atoms with Gasteiger partial charge in [0.25, 0.3) is 0 Å². The van der Waals surface area contributed by atoms with Crippen molar-refractivity contribution in [3.8, 4) is 12.1 Å². The van der Waals surface area contributed by atoms with Crippen LogP contribution in [-0.4, -0.2) is 16.5 Å². The van der Waals surface area contributed by atoms with Crippen LogP contribution in [0.2, 0.25) is 0 Å². The van der Waals surface area contributed by atoms with Gasteiger partial charge in [0, 0.05) is 11.8 Å². The molecule has 0 aliphatic carbocycles. The fraction of sp³-hybridized carbons (Fsp3) is 0.0769. The maximum Gasteiger partial charge on any atom is 0.135 e. The molecule has 0 radical (unpaired) electrons. The third-order valence-electron chi connectivity index (χ3n) is 2.28. The highest BCUT2D eigenvalue weighted by Crippen LogP contribution is 2.17. The van der Waals surface area contributed by atoms with Gasteiger partial charge in [-0.3, -0.25) is 0 Å². The van der Waals surface area contributed by atoms with Gasteiger partial charge < -0.3 is 10.6 Å². The topological polar surface area (TPSA) is 97.4 Å². The molecule has 19 heavy (non-hydrogen) atoms. The third kappa shape index (κ3) is 3.42. The minimum atomic E-state index is 0.181. The molecule has 92 valence electrons. The molecule has 0 aliphatic heterocycles. The molecule has 2 rings (SSSR count). The molecule has 0 atom stereocenters. The van der Waals surface area contributed by atoms with Gasteiger partial charge >= 0.3 is 0 Å². The standard InChI is InChI=1S/C13H10N6/c14-4-5-16-12-7-13(18-9-17-12)19-11-3-1-2-10(6-11)8-15/h1-3,6-7,9H,5H2,(H2,16,17,18,19). The third-order valence-corrected chi connectivity index (χ3v) is 2.28. The molecule has 2 aromatic rings. The van der Waals surface area contributed by atoms with Gasteiger partial charge in [0.05, 0.1) is 17.7 Å². The molecule has 6 heteroatoms. The van der Waals surface area contributed by atoms with Crippen molar-refractivity contribution in [2.75, 3.05) is 17.2 Å². The van der Waals surface area contributed by atoms with Crippen LogP contribution in [0.4, 0.5) is 17.3 Å². The Balaban J connectivity index is 2.14. The molecular weight excluding hydrogens is 240 g/mol. The summed E-state index contributed by atoms with van der Waals surface area (Å²) in [6, 6.07) is 12.8. The minimum Gasteiger partial charge on any atom is -0.357 e. The van der Waals surface area contributed by atoms with E-state index < -0.39 is 0 Å². The lowest BCUT2D eigenvalue weighted by molar-refractivity contribution is 1.14. The summed E-state index contributed by atoms with van der Waals surface area (Å²) in [7, 11) is 0. The van der Waals surface area contributed by atoms with Crippen molar-refractivity contribution >= 4 is 17.3 Å². The van der Waals surface area contributed by atoms with Gasteiger partial charge in [-0.15, -0.1) is 0 Å². The molecular formula is C13H10N6. The van der Waals surface area contributed by atoms with Crippen LogP contribution in [-0.2, 0) is 0 Å². The second kappa shape index (κ2) is 5.99. The summed E-state index contributed by atoms with van der Waals surface area (Å²) in [5, 5.41) is 23.2. The monoisotopic (exact) mass is 250 g/mol. The SMILES string of the molecule is N#CCNc1cc(Nc2cccc(C#N)c2)ncn1. The highest BCUT2D eigenvalue weighted by atomic mass is 15.1. The molecule has 6 nitrogen and oxygen atoms in total. The molecule has 1 aromatic carbocycles. The first-order valence-corrected chi connectivity index (χ1v) is 5.52. The van der Waals surface area contributed by atoms with Crippen LogP contribution in [0, 0.1) is 22.7 Å². The van der Waals surface area contributed by atoms with Crippen LogP contribution in [0.15, 0.2) is 36.7 Å².